The van der Waals surface area contributed by atoms with Gasteiger partial charge in [0.05, 0.1) is 19.8 Å². The number of methoxy groups -OCH3 is 1. The first-order chi connectivity index (χ1) is 22.0. The number of aryl methyl sites for hydroxylation is 1. The van der Waals surface area contributed by atoms with Crippen LogP contribution in [0.25, 0.3) is 0 Å². The molecular formula is C35H33N3O5S2. The Bertz CT molecular complexity index is 1780. The molecule has 0 aliphatic carbocycles. The monoisotopic (exact) mass is 639 g/mol. The lowest BCUT2D eigenvalue weighted by molar-refractivity contribution is -0.0765. The number of H-pyrrole nitrogens is 1. The van der Waals surface area contributed by atoms with Gasteiger partial charge in [0, 0.05) is 29.6 Å². The zero-order chi connectivity index (χ0) is 31.2. The normalized spacial score (nSPS) is 18.1. The number of hydrogen-bond donors (Lipinski definition) is 1. The molecule has 8 nitrogen and oxygen atoms in total. The van der Waals surface area contributed by atoms with Crippen LogP contribution in [0.1, 0.15) is 34.9 Å². The van der Waals surface area contributed by atoms with Gasteiger partial charge in [-0.15, -0.1) is 0 Å². The van der Waals surface area contributed by atoms with Gasteiger partial charge in [-0.05, 0) is 58.7 Å². The number of nitrogens with one attached hydrogen (secondary N) is 1. The second kappa shape index (κ2) is 13.9. The van der Waals surface area contributed by atoms with E-state index in [1.807, 2.05) is 78.9 Å². The summed E-state index contributed by atoms with van der Waals surface area (Å²) in [5, 5.41) is 0.824. The maximum atomic E-state index is 12.9. The molecule has 1 fully saturated rings. The summed E-state index contributed by atoms with van der Waals surface area (Å²) >= 11 is 0. The molecule has 1 saturated heterocycles. The molecule has 45 heavy (non-hydrogen) atoms. The molecule has 5 aromatic rings. The van der Waals surface area contributed by atoms with Gasteiger partial charge in [0.15, 0.2) is 0 Å². The van der Waals surface area contributed by atoms with Crippen LogP contribution in [0.15, 0.2) is 130 Å². The summed E-state index contributed by atoms with van der Waals surface area (Å²) in [7, 11) is 4.86. The Kier molecular flexibility index (Phi) is 9.56. The van der Waals surface area contributed by atoms with Crippen molar-refractivity contribution >= 4 is 21.6 Å². The van der Waals surface area contributed by atoms with Gasteiger partial charge < -0.3 is 14.2 Å². The van der Waals surface area contributed by atoms with Crippen LogP contribution in [-0.4, -0.2) is 39.6 Å². The Morgan fingerprint density at radius 1 is 0.911 bits per heavy atom. The van der Waals surface area contributed by atoms with Crippen molar-refractivity contribution in [2.45, 2.75) is 41.6 Å². The minimum atomic E-state index is -0.967. The largest absolute Gasteiger partial charge is 0.497 e. The molecule has 230 valence electrons. The van der Waals surface area contributed by atoms with Crippen LogP contribution in [0.5, 0.6) is 5.75 Å². The standard InChI is InChI=1S/C35H33N3O5S2/c1-24-22-38(34(40)37-33(24)39)32-21-30(44-45-31-15-9-10-20-36-31)29(43-32)23-42-35(25-11-5-3-6-12-25,26-13-7-4-8-14-26)27-16-18-28(41-2)19-17-27/h3-20,22,29-30,32H,21,23H2,1-2H3,(H,37,39,40)/t29-,30+,32-/m1/s1. The molecule has 1 aliphatic heterocycles. The molecule has 0 bridgehead atoms. The van der Waals surface area contributed by atoms with Gasteiger partial charge in [-0.2, -0.15) is 0 Å². The first kappa shape index (κ1) is 30.9. The van der Waals surface area contributed by atoms with Gasteiger partial charge in [0.2, 0.25) is 0 Å². The third-order valence-electron chi connectivity index (χ3n) is 7.85. The summed E-state index contributed by atoms with van der Waals surface area (Å²) in [6.45, 7) is 1.90. The fourth-order valence-electron chi connectivity index (χ4n) is 5.56. The lowest BCUT2D eigenvalue weighted by Crippen LogP contribution is -2.37. The SMILES string of the molecule is COc1ccc(C(OC[C@H]2O[C@@H](n3cc(C)c(=O)[nH]c3=O)C[C@@H]2SSc2ccccn2)(c2ccccc2)c2ccccc2)cc1. The maximum Gasteiger partial charge on any atom is 0.330 e. The third-order valence-corrected chi connectivity index (χ3v) is 10.6. The first-order valence-electron chi connectivity index (χ1n) is 14.6. The molecule has 6 rings (SSSR count). The van der Waals surface area contributed by atoms with Crippen molar-refractivity contribution in [1.29, 1.82) is 0 Å². The van der Waals surface area contributed by atoms with E-state index in [2.05, 4.69) is 34.2 Å². The fraction of sp³-hybridized carbons (Fsp3) is 0.229. The summed E-state index contributed by atoms with van der Waals surface area (Å²) in [4.78, 5) is 31.8. The minimum absolute atomic E-state index is 0.0544. The minimum Gasteiger partial charge on any atom is -0.497 e. The van der Waals surface area contributed by atoms with Crippen molar-refractivity contribution < 1.29 is 14.2 Å². The third kappa shape index (κ3) is 6.64. The van der Waals surface area contributed by atoms with Crippen molar-refractivity contribution in [3.8, 4) is 5.75 Å². The number of hydrogen-bond acceptors (Lipinski definition) is 8. The number of aromatic amines is 1. The molecule has 0 saturated carbocycles. The van der Waals surface area contributed by atoms with Gasteiger partial charge in [0.25, 0.3) is 5.56 Å². The zero-order valence-electron chi connectivity index (χ0n) is 24.9. The number of rotatable bonds is 11. The van der Waals surface area contributed by atoms with Crippen molar-refractivity contribution in [3.05, 3.63) is 159 Å². The van der Waals surface area contributed by atoms with Gasteiger partial charge in [-0.25, -0.2) is 9.78 Å². The first-order valence-corrected chi connectivity index (χ1v) is 16.8. The summed E-state index contributed by atoms with van der Waals surface area (Å²) in [6.07, 6.45) is 2.91. The molecule has 3 heterocycles. The van der Waals surface area contributed by atoms with Gasteiger partial charge in [-0.1, -0.05) is 89.7 Å². The van der Waals surface area contributed by atoms with E-state index in [4.69, 9.17) is 14.2 Å². The number of pyridine rings is 1. The second-order valence-electron chi connectivity index (χ2n) is 10.7. The summed E-state index contributed by atoms with van der Waals surface area (Å²) in [6, 6.07) is 34.0. The molecule has 1 N–H and O–H groups in total. The van der Waals surface area contributed by atoms with E-state index in [1.54, 1.807) is 48.0 Å². The van der Waals surface area contributed by atoms with Crippen molar-refractivity contribution in [1.82, 2.24) is 14.5 Å². The lowest BCUT2D eigenvalue weighted by atomic mass is 9.80. The predicted molar refractivity (Wildman–Crippen MR) is 178 cm³/mol. The van der Waals surface area contributed by atoms with E-state index >= 15 is 0 Å². The molecule has 3 atom stereocenters. The molecule has 3 aromatic carbocycles. The van der Waals surface area contributed by atoms with E-state index in [0.29, 0.717) is 12.0 Å². The Morgan fingerprint density at radius 2 is 1.56 bits per heavy atom. The van der Waals surface area contributed by atoms with Crippen molar-refractivity contribution in [3.63, 3.8) is 0 Å². The maximum absolute atomic E-state index is 12.9. The summed E-state index contributed by atoms with van der Waals surface area (Å²) < 4.78 is 20.7. The van der Waals surface area contributed by atoms with Crippen LogP contribution in [0.3, 0.4) is 0 Å². The predicted octanol–water partition coefficient (Wildman–Crippen LogP) is 6.35. The molecule has 0 unspecified atom stereocenters. The average molecular weight is 640 g/mol. The Morgan fingerprint density at radius 3 is 2.18 bits per heavy atom. The van der Waals surface area contributed by atoms with E-state index in [0.717, 1.165) is 27.5 Å². The highest BCUT2D eigenvalue weighted by molar-refractivity contribution is 8.76. The van der Waals surface area contributed by atoms with Crippen LogP contribution < -0.4 is 16.0 Å². The number of aromatic nitrogens is 3. The molecule has 0 radical (unpaired) electrons. The number of benzene rings is 3. The molecule has 0 amide bonds. The second-order valence-corrected chi connectivity index (χ2v) is 13.1. The fourth-order valence-corrected chi connectivity index (χ4v) is 8.10. The van der Waals surface area contributed by atoms with E-state index < -0.39 is 23.1 Å². The quantitative estimate of drug-likeness (QED) is 0.132. The van der Waals surface area contributed by atoms with Crippen LogP contribution in [0, 0.1) is 6.92 Å². The van der Waals surface area contributed by atoms with E-state index in [-0.39, 0.29) is 18.0 Å². The molecule has 10 heteroatoms. The smallest absolute Gasteiger partial charge is 0.330 e. The van der Waals surface area contributed by atoms with Gasteiger partial charge in [0.1, 0.15) is 22.6 Å². The number of nitrogens with zero attached hydrogens (tertiary/aromatic N) is 2. The Balaban J connectivity index is 1.38. The van der Waals surface area contributed by atoms with Crippen molar-refractivity contribution in [2.75, 3.05) is 13.7 Å². The molecule has 0 spiro atoms. The number of ether oxygens (including phenoxy) is 3. The Hall–Kier alpha value is -4.09. The van der Waals surface area contributed by atoms with Gasteiger partial charge >= 0.3 is 5.69 Å². The Labute approximate surface area is 269 Å². The van der Waals surface area contributed by atoms with E-state index in [9.17, 15) is 9.59 Å². The molecule has 1 aliphatic rings. The van der Waals surface area contributed by atoms with Crippen LogP contribution >= 0.6 is 21.6 Å². The zero-order valence-corrected chi connectivity index (χ0v) is 26.5. The average Bonchev–Trinajstić information content (AvgIpc) is 3.50. The van der Waals surface area contributed by atoms with Crippen LogP contribution in [0.4, 0.5) is 0 Å². The molecular weight excluding hydrogens is 607 g/mol. The van der Waals surface area contributed by atoms with Crippen LogP contribution in [-0.2, 0) is 15.1 Å². The van der Waals surface area contributed by atoms with Gasteiger partial charge in [-0.3, -0.25) is 14.3 Å². The molecule has 2 aromatic heterocycles. The summed E-state index contributed by atoms with van der Waals surface area (Å²) in [5.74, 6) is 0.750. The lowest BCUT2D eigenvalue weighted by Gasteiger charge is -2.37. The van der Waals surface area contributed by atoms with Crippen molar-refractivity contribution in [2.24, 2.45) is 0 Å². The topological polar surface area (TPSA) is 95.4 Å². The highest BCUT2D eigenvalue weighted by Crippen LogP contribution is 2.46. The highest BCUT2D eigenvalue weighted by Gasteiger charge is 2.43. The van der Waals surface area contributed by atoms with E-state index in [1.165, 1.54) is 4.57 Å². The highest BCUT2D eigenvalue weighted by atomic mass is 33.1. The van der Waals surface area contributed by atoms with Crippen LogP contribution in [0.2, 0.25) is 0 Å². The summed E-state index contributed by atoms with van der Waals surface area (Å²) in [5.41, 5.74) is 1.45.